The molecule has 0 saturated heterocycles. The number of halogens is 3. The Morgan fingerprint density at radius 1 is 1.06 bits per heavy atom. The summed E-state index contributed by atoms with van der Waals surface area (Å²) in [4.78, 5) is 37.0. The van der Waals surface area contributed by atoms with Crippen molar-refractivity contribution < 1.29 is 29.0 Å². The van der Waals surface area contributed by atoms with E-state index in [9.17, 15) is 19.5 Å². The van der Waals surface area contributed by atoms with Gasteiger partial charge in [-0.25, -0.2) is 9.59 Å². The predicted molar refractivity (Wildman–Crippen MR) is 139 cm³/mol. The van der Waals surface area contributed by atoms with E-state index in [1.54, 1.807) is 57.2 Å². The SMILES string of the molecule is COC(=O)[C@H](CNC(=O)OC(C)(C)C)NC(=O)c1c(Cl)cc(CCC(O)c2cccc(Cl)c2)cc1Cl. The van der Waals surface area contributed by atoms with Crippen LogP contribution in [0.2, 0.25) is 15.1 Å². The van der Waals surface area contributed by atoms with Crippen LogP contribution in [0.4, 0.5) is 4.79 Å². The molecule has 0 fully saturated rings. The highest BCUT2D eigenvalue weighted by Gasteiger charge is 2.26. The Morgan fingerprint density at radius 3 is 2.25 bits per heavy atom. The van der Waals surface area contributed by atoms with Crippen molar-refractivity contribution in [2.45, 2.75) is 51.4 Å². The number of aliphatic hydroxyl groups is 1. The molecule has 2 amide bonds. The number of carbonyl (C=O) groups is 3. The second-order valence-corrected chi connectivity index (χ2v) is 10.2. The summed E-state index contributed by atoms with van der Waals surface area (Å²) in [6.07, 6.45) is -0.702. The van der Waals surface area contributed by atoms with Crippen molar-refractivity contribution in [1.29, 1.82) is 0 Å². The second-order valence-electron chi connectivity index (χ2n) is 8.98. The maximum Gasteiger partial charge on any atom is 0.407 e. The van der Waals surface area contributed by atoms with E-state index in [2.05, 4.69) is 10.6 Å². The van der Waals surface area contributed by atoms with E-state index >= 15 is 0 Å². The molecule has 0 bridgehead atoms. The lowest BCUT2D eigenvalue weighted by atomic mass is 10.0. The van der Waals surface area contributed by atoms with Gasteiger partial charge in [-0.3, -0.25) is 4.79 Å². The van der Waals surface area contributed by atoms with E-state index in [0.717, 1.165) is 7.11 Å². The predicted octanol–water partition coefficient (Wildman–Crippen LogP) is 5.11. The van der Waals surface area contributed by atoms with Gasteiger partial charge >= 0.3 is 12.1 Å². The third-order valence-corrected chi connectivity index (χ3v) is 5.74. The zero-order valence-corrected chi connectivity index (χ0v) is 22.6. The number of hydrogen-bond donors (Lipinski definition) is 3. The van der Waals surface area contributed by atoms with Crippen molar-refractivity contribution in [2.75, 3.05) is 13.7 Å². The molecular weight excluding hydrogens is 531 g/mol. The van der Waals surface area contributed by atoms with E-state index < -0.39 is 35.7 Å². The van der Waals surface area contributed by atoms with Gasteiger partial charge < -0.3 is 25.2 Å². The summed E-state index contributed by atoms with van der Waals surface area (Å²) in [5.41, 5.74) is 0.619. The fraction of sp³-hybridized carbons (Fsp3) is 0.400. The molecule has 0 radical (unpaired) electrons. The first-order valence-corrected chi connectivity index (χ1v) is 12.2. The van der Waals surface area contributed by atoms with Gasteiger partial charge in [0.1, 0.15) is 11.6 Å². The molecule has 0 aromatic heterocycles. The molecule has 3 N–H and O–H groups in total. The minimum Gasteiger partial charge on any atom is -0.467 e. The lowest BCUT2D eigenvalue weighted by Gasteiger charge is -2.22. The summed E-state index contributed by atoms with van der Waals surface area (Å²) in [5.74, 6) is -1.50. The van der Waals surface area contributed by atoms with Gasteiger partial charge in [-0.1, -0.05) is 46.9 Å². The highest BCUT2D eigenvalue weighted by Crippen LogP contribution is 2.29. The highest BCUT2D eigenvalue weighted by atomic mass is 35.5. The van der Waals surface area contributed by atoms with Crippen molar-refractivity contribution in [3.05, 3.63) is 68.2 Å². The first kappa shape index (κ1) is 29.7. The van der Waals surface area contributed by atoms with Crippen LogP contribution in [0.3, 0.4) is 0 Å². The number of benzene rings is 2. The van der Waals surface area contributed by atoms with Crippen molar-refractivity contribution in [3.63, 3.8) is 0 Å². The van der Waals surface area contributed by atoms with Crippen LogP contribution in [-0.2, 0) is 20.7 Å². The lowest BCUT2D eigenvalue weighted by Crippen LogP contribution is -2.49. The molecule has 0 aliphatic rings. The third kappa shape index (κ3) is 9.17. The normalized spacial score (nSPS) is 12.9. The van der Waals surface area contributed by atoms with Gasteiger partial charge in [0.15, 0.2) is 0 Å². The summed E-state index contributed by atoms with van der Waals surface area (Å²) < 4.78 is 9.85. The standard InChI is InChI=1S/C25H29Cl3N2O6/c1-25(2,3)36-24(34)29-13-19(23(33)35-4)30-22(32)21-17(27)10-14(11-18(21)28)8-9-20(31)15-6-5-7-16(26)12-15/h5-7,10-12,19-20,31H,8-9,13H2,1-4H3,(H,29,34)(H,30,32)/t19-,20?/m0/s1. The maximum absolute atomic E-state index is 12.9. The minimum atomic E-state index is -1.21. The van der Waals surface area contributed by atoms with E-state index in [1.807, 2.05) is 0 Å². The summed E-state index contributed by atoms with van der Waals surface area (Å²) in [6.45, 7) is 4.80. The van der Waals surface area contributed by atoms with Crippen LogP contribution in [0.25, 0.3) is 0 Å². The first-order chi connectivity index (χ1) is 16.8. The van der Waals surface area contributed by atoms with Gasteiger partial charge in [0.05, 0.1) is 35.4 Å². The van der Waals surface area contributed by atoms with Crippen LogP contribution in [-0.4, -0.2) is 48.4 Å². The van der Waals surface area contributed by atoms with Crippen LogP contribution in [0.15, 0.2) is 36.4 Å². The number of alkyl carbamates (subject to hydrolysis) is 1. The number of amides is 2. The first-order valence-electron chi connectivity index (χ1n) is 11.1. The van der Waals surface area contributed by atoms with Crippen LogP contribution < -0.4 is 10.6 Å². The summed E-state index contributed by atoms with van der Waals surface area (Å²) >= 11 is 18.7. The molecule has 2 atom stereocenters. The van der Waals surface area contributed by atoms with Gasteiger partial charge in [-0.05, 0) is 69.0 Å². The largest absolute Gasteiger partial charge is 0.467 e. The Morgan fingerprint density at radius 2 is 1.69 bits per heavy atom. The number of aliphatic hydroxyl groups excluding tert-OH is 1. The summed E-state index contributed by atoms with van der Waals surface area (Å²) in [6, 6.07) is 8.87. The Bertz CT molecular complexity index is 1080. The summed E-state index contributed by atoms with van der Waals surface area (Å²) in [7, 11) is 1.15. The second kappa shape index (κ2) is 13.1. The fourth-order valence-corrected chi connectivity index (χ4v) is 4.14. The number of methoxy groups -OCH3 is 1. The number of rotatable bonds is 9. The van der Waals surface area contributed by atoms with E-state index in [0.29, 0.717) is 29.0 Å². The van der Waals surface area contributed by atoms with Crippen LogP contribution in [0.5, 0.6) is 0 Å². The molecule has 1 unspecified atom stereocenters. The van der Waals surface area contributed by atoms with E-state index in [-0.39, 0.29) is 22.2 Å². The van der Waals surface area contributed by atoms with Gasteiger partial charge in [0.25, 0.3) is 5.91 Å². The molecule has 0 spiro atoms. The highest BCUT2D eigenvalue weighted by molar-refractivity contribution is 6.39. The topological polar surface area (TPSA) is 114 Å². The van der Waals surface area contributed by atoms with Crippen molar-refractivity contribution in [2.24, 2.45) is 0 Å². The van der Waals surface area contributed by atoms with Gasteiger partial charge in [-0.15, -0.1) is 0 Å². The number of esters is 1. The van der Waals surface area contributed by atoms with Crippen molar-refractivity contribution in [3.8, 4) is 0 Å². The number of ether oxygens (including phenoxy) is 2. The molecule has 0 saturated carbocycles. The molecule has 2 rings (SSSR count). The smallest absolute Gasteiger partial charge is 0.407 e. The molecule has 8 nitrogen and oxygen atoms in total. The Balaban J connectivity index is 2.08. The molecule has 0 aliphatic heterocycles. The van der Waals surface area contributed by atoms with Gasteiger partial charge in [0, 0.05) is 5.02 Å². The minimum absolute atomic E-state index is 0.0383. The lowest BCUT2D eigenvalue weighted by molar-refractivity contribution is -0.142. The number of carbonyl (C=O) groups excluding carboxylic acids is 3. The average Bonchev–Trinajstić information content (AvgIpc) is 2.78. The van der Waals surface area contributed by atoms with Crippen LogP contribution >= 0.6 is 34.8 Å². The molecule has 0 aliphatic carbocycles. The van der Waals surface area contributed by atoms with Crippen LogP contribution in [0, 0.1) is 0 Å². The zero-order valence-electron chi connectivity index (χ0n) is 20.4. The molecule has 0 heterocycles. The number of hydrogen-bond acceptors (Lipinski definition) is 6. The van der Waals surface area contributed by atoms with Gasteiger partial charge in [-0.2, -0.15) is 0 Å². The van der Waals surface area contributed by atoms with E-state index in [1.165, 1.54) is 0 Å². The number of nitrogens with one attached hydrogen (secondary N) is 2. The molecule has 2 aromatic rings. The Hall–Kier alpha value is -2.52. The monoisotopic (exact) mass is 558 g/mol. The van der Waals surface area contributed by atoms with Gasteiger partial charge in [0.2, 0.25) is 0 Å². The zero-order chi connectivity index (χ0) is 27.0. The molecule has 36 heavy (non-hydrogen) atoms. The summed E-state index contributed by atoms with van der Waals surface area (Å²) in [5, 5.41) is 16.0. The molecular formula is C25H29Cl3N2O6. The maximum atomic E-state index is 12.9. The third-order valence-electron chi connectivity index (χ3n) is 4.91. The Kier molecular flexibility index (Phi) is 10.8. The number of aryl methyl sites for hydroxylation is 1. The molecule has 2 aromatic carbocycles. The molecule has 196 valence electrons. The Labute approximate surface area is 225 Å². The van der Waals surface area contributed by atoms with E-state index in [4.69, 9.17) is 44.3 Å². The quantitative estimate of drug-likeness (QED) is 0.368. The van der Waals surface area contributed by atoms with Crippen molar-refractivity contribution >= 4 is 52.8 Å². The fourth-order valence-electron chi connectivity index (χ4n) is 3.24. The molecule has 11 heteroatoms. The van der Waals surface area contributed by atoms with Crippen molar-refractivity contribution in [1.82, 2.24) is 10.6 Å². The average molecular weight is 560 g/mol. The van der Waals surface area contributed by atoms with Crippen LogP contribution in [0.1, 0.15) is 54.8 Å².